The van der Waals surface area contributed by atoms with Crippen LogP contribution in [0.5, 0.6) is 0 Å². The Morgan fingerprint density at radius 3 is 2.56 bits per heavy atom. The Morgan fingerprint density at radius 2 is 1.83 bits per heavy atom. The summed E-state index contributed by atoms with van der Waals surface area (Å²) in [5.74, 6) is -0.728. The van der Waals surface area contributed by atoms with Gasteiger partial charge in [-0.05, 0) is 29.5 Å². The number of anilines is 1. The quantitative estimate of drug-likeness (QED) is 0.197. The number of phosphoric acid groups is 1. The molecule has 0 aliphatic carbocycles. The summed E-state index contributed by atoms with van der Waals surface area (Å²) < 4.78 is 39.5. The molecule has 3 aromatic rings. The van der Waals surface area contributed by atoms with Crippen molar-refractivity contribution in [3.8, 4) is 0 Å². The minimum atomic E-state index is -4.78. The lowest BCUT2D eigenvalue weighted by Gasteiger charge is -2.28. The molecule has 0 fully saturated rings. The minimum absolute atomic E-state index is 0.0396. The van der Waals surface area contributed by atoms with Crippen molar-refractivity contribution in [1.82, 2.24) is 9.88 Å². The maximum atomic E-state index is 13.7. The first-order valence-corrected chi connectivity index (χ1v) is 14.3. The SMILES string of the molecule is CN(C(=O)CCc1cccc(F)c1Cl)[C@@H](COC[C@@H](O)COP(=O)(O)O)COC(=O)Nc1cc2ccccc2cn1. The maximum absolute atomic E-state index is 13.7. The van der Waals surface area contributed by atoms with Crippen molar-refractivity contribution in [2.24, 2.45) is 0 Å². The molecule has 4 N–H and O–H groups in total. The Balaban J connectivity index is 1.60. The van der Waals surface area contributed by atoms with Gasteiger partial charge in [0.25, 0.3) is 0 Å². The molecule has 2 atom stereocenters. The van der Waals surface area contributed by atoms with Crippen molar-refractivity contribution in [2.45, 2.75) is 25.0 Å². The van der Waals surface area contributed by atoms with Gasteiger partial charge in [-0.1, -0.05) is 48.0 Å². The number of halogens is 2. The molecule has 15 heteroatoms. The Labute approximate surface area is 240 Å². The van der Waals surface area contributed by atoms with Gasteiger partial charge in [-0.15, -0.1) is 0 Å². The van der Waals surface area contributed by atoms with Crippen molar-refractivity contribution in [1.29, 1.82) is 0 Å². The summed E-state index contributed by atoms with van der Waals surface area (Å²) in [7, 11) is -3.31. The van der Waals surface area contributed by atoms with E-state index in [4.69, 9.17) is 30.9 Å². The fourth-order valence-corrected chi connectivity index (χ4v) is 4.26. The first kappa shape index (κ1) is 32.4. The lowest BCUT2D eigenvalue weighted by molar-refractivity contribution is -0.134. The number of benzene rings is 2. The lowest BCUT2D eigenvalue weighted by atomic mass is 10.1. The number of amides is 2. The van der Waals surface area contributed by atoms with Gasteiger partial charge in [-0.2, -0.15) is 0 Å². The van der Waals surface area contributed by atoms with E-state index in [0.717, 1.165) is 10.8 Å². The predicted octanol–water partition coefficient (Wildman–Crippen LogP) is 3.52. The van der Waals surface area contributed by atoms with Gasteiger partial charge < -0.3 is 29.3 Å². The molecule has 41 heavy (non-hydrogen) atoms. The van der Waals surface area contributed by atoms with Gasteiger partial charge in [0.2, 0.25) is 5.91 Å². The van der Waals surface area contributed by atoms with Gasteiger partial charge in [-0.25, -0.2) is 18.7 Å². The van der Waals surface area contributed by atoms with E-state index in [9.17, 15) is 23.7 Å². The van der Waals surface area contributed by atoms with E-state index in [2.05, 4.69) is 14.8 Å². The number of ether oxygens (including phenoxy) is 2. The highest BCUT2D eigenvalue weighted by molar-refractivity contribution is 7.46. The average Bonchev–Trinajstić information content (AvgIpc) is 2.93. The topological polar surface area (TPSA) is 168 Å². The molecule has 3 rings (SSSR count). The standard InChI is InChI=1S/C26H30ClFN3O9P/c1-31(24(33)10-9-17-7-4-8-22(28)25(17)27)20(13-38-15-21(32)16-40-41(35,36)37)14-39-26(34)30-23-11-18-5-2-3-6-19(18)12-29-23/h2-8,11-12,20-21,32H,9-10,13-16H2,1H3,(H,29,30,34)(H2,35,36,37)/t20-,21+/m0/s1. The lowest BCUT2D eigenvalue weighted by Crippen LogP contribution is -2.44. The largest absolute Gasteiger partial charge is 0.469 e. The number of aryl methyl sites for hydroxylation is 1. The van der Waals surface area contributed by atoms with E-state index in [1.807, 2.05) is 24.3 Å². The third-order valence-corrected chi connectivity index (χ3v) is 6.81. The van der Waals surface area contributed by atoms with Crippen LogP contribution in [0.25, 0.3) is 10.8 Å². The van der Waals surface area contributed by atoms with Crippen LogP contribution in [0, 0.1) is 5.82 Å². The number of aromatic nitrogens is 1. The molecular formula is C26H30ClFN3O9P. The third kappa shape index (κ3) is 10.6. The summed E-state index contributed by atoms with van der Waals surface area (Å²) in [4.78, 5) is 48.4. The highest BCUT2D eigenvalue weighted by Crippen LogP contribution is 2.35. The van der Waals surface area contributed by atoms with Crippen LogP contribution >= 0.6 is 19.4 Å². The molecule has 0 unspecified atom stereocenters. The minimum Gasteiger partial charge on any atom is -0.447 e. The molecule has 0 bridgehead atoms. The smallest absolute Gasteiger partial charge is 0.447 e. The van der Waals surface area contributed by atoms with Gasteiger partial charge in [0.1, 0.15) is 24.3 Å². The second kappa shape index (κ2) is 15.2. The van der Waals surface area contributed by atoms with Gasteiger partial charge in [0, 0.05) is 25.1 Å². The number of phosphoric ester groups is 1. The normalized spacial score (nSPS) is 13.0. The fraction of sp³-hybridized carbons (Fsp3) is 0.346. The summed E-state index contributed by atoms with van der Waals surface area (Å²) in [6.45, 7) is -1.59. The number of pyridine rings is 1. The van der Waals surface area contributed by atoms with E-state index >= 15 is 0 Å². The summed E-state index contributed by atoms with van der Waals surface area (Å²) >= 11 is 5.98. The van der Waals surface area contributed by atoms with Crippen LogP contribution < -0.4 is 5.32 Å². The first-order valence-electron chi connectivity index (χ1n) is 12.4. The average molecular weight is 614 g/mol. The summed E-state index contributed by atoms with van der Waals surface area (Å²) in [5.41, 5.74) is 0.452. The van der Waals surface area contributed by atoms with E-state index in [1.165, 1.54) is 24.1 Å². The second-order valence-corrected chi connectivity index (χ2v) is 10.6. The number of nitrogens with one attached hydrogen (secondary N) is 1. The summed E-state index contributed by atoms with van der Waals surface area (Å²) in [6, 6.07) is 12.6. The van der Waals surface area contributed by atoms with E-state index < -0.39 is 38.5 Å². The summed E-state index contributed by atoms with van der Waals surface area (Å²) in [6.07, 6.45) is -0.494. The number of rotatable bonds is 14. The Hall–Kier alpha value is -3.16. The van der Waals surface area contributed by atoms with Gasteiger partial charge in [-0.3, -0.25) is 14.6 Å². The number of fused-ring (bicyclic) bond motifs is 1. The van der Waals surface area contributed by atoms with Gasteiger partial charge in [0.15, 0.2) is 0 Å². The number of carbonyl (C=O) groups is 2. The molecule has 0 aliphatic rings. The Morgan fingerprint density at radius 1 is 1.10 bits per heavy atom. The van der Waals surface area contributed by atoms with Crippen molar-refractivity contribution >= 4 is 48.0 Å². The number of aliphatic hydroxyl groups excluding tert-OH is 1. The van der Waals surface area contributed by atoms with E-state index in [-0.39, 0.29) is 49.4 Å². The van der Waals surface area contributed by atoms with Crippen LogP contribution in [0.1, 0.15) is 12.0 Å². The maximum Gasteiger partial charge on any atom is 0.469 e. The number of hydrogen-bond acceptors (Lipinski definition) is 8. The molecule has 222 valence electrons. The zero-order chi connectivity index (χ0) is 30.0. The Kier molecular flexibility index (Phi) is 12.0. The van der Waals surface area contributed by atoms with Crippen molar-refractivity contribution in [3.63, 3.8) is 0 Å². The molecule has 2 amide bonds. The number of aliphatic hydroxyl groups is 1. The summed E-state index contributed by atoms with van der Waals surface area (Å²) in [5, 5.41) is 14.1. The zero-order valence-corrected chi connectivity index (χ0v) is 23.6. The molecule has 1 heterocycles. The fourth-order valence-electron chi connectivity index (χ4n) is 3.67. The van der Waals surface area contributed by atoms with Crippen LogP contribution in [0.4, 0.5) is 15.0 Å². The molecular weight excluding hydrogens is 584 g/mol. The predicted molar refractivity (Wildman–Crippen MR) is 148 cm³/mol. The molecule has 0 spiro atoms. The highest BCUT2D eigenvalue weighted by Gasteiger charge is 2.24. The zero-order valence-electron chi connectivity index (χ0n) is 22.0. The van der Waals surface area contributed by atoms with Crippen molar-refractivity contribution in [2.75, 3.05) is 38.8 Å². The second-order valence-electron chi connectivity index (χ2n) is 8.99. The Bertz CT molecular complexity index is 1390. The molecule has 0 radical (unpaired) electrons. The molecule has 2 aromatic carbocycles. The first-order chi connectivity index (χ1) is 19.4. The van der Waals surface area contributed by atoms with E-state index in [0.29, 0.717) is 5.56 Å². The van der Waals surface area contributed by atoms with Crippen LogP contribution in [-0.4, -0.2) is 82.4 Å². The van der Waals surface area contributed by atoms with Crippen LogP contribution in [0.15, 0.2) is 54.7 Å². The van der Waals surface area contributed by atoms with Crippen molar-refractivity contribution in [3.05, 3.63) is 71.1 Å². The van der Waals surface area contributed by atoms with Crippen LogP contribution in [0.2, 0.25) is 5.02 Å². The van der Waals surface area contributed by atoms with Crippen LogP contribution in [-0.2, 0) is 29.8 Å². The number of nitrogens with zero attached hydrogens (tertiary/aromatic N) is 2. The molecule has 1 aromatic heterocycles. The van der Waals surface area contributed by atoms with Gasteiger partial charge >= 0.3 is 13.9 Å². The van der Waals surface area contributed by atoms with Crippen LogP contribution in [0.3, 0.4) is 0 Å². The molecule has 0 saturated heterocycles. The molecule has 12 nitrogen and oxygen atoms in total. The monoisotopic (exact) mass is 613 g/mol. The number of hydrogen-bond donors (Lipinski definition) is 4. The molecule has 0 saturated carbocycles. The van der Waals surface area contributed by atoms with E-state index in [1.54, 1.807) is 18.3 Å². The van der Waals surface area contributed by atoms with Crippen molar-refractivity contribution < 1.29 is 47.4 Å². The highest BCUT2D eigenvalue weighted by atomic mass is 35.5. The molecule has 0 aliphatic heterocycles. The third-order valence-electron chi connectivity index (χ3n) is 5.90. The number of likely N-dealkylation sites (N-methyl/N-ethyl adjacent to an activating group) is 1. The van der Waals surface area contributed by atoms with Gasteiger partial charge in [0.05, 0.1) is 30.9 Å². The number of carbonyl (C=O) groups excluding carboxylic acids is 2.